The first kappa shape index (κ1) is 41.5. The van der Waals surface area contributed by atoms with Gasteiger partial charge in [0.1, 0.15) is 11.5 Å². The first-order valence-corrected chi connectivity index (χ1v) is 19.8. The van der Waals surface area contributed by atoms with E-state index in [0.717, 1.165) is 38.5 Å². The zero-order valence-electron chi connectivity index (χ0n) is 33.0. The van der Waals surface area contributed by atoms with E-state index in [1.165, 1.54) is 0 Å². The van der Waals surface area contributed by atoms with E-state index < -0.39 is 11.9 Å². The molecule has 0 spiro atoms. The number of para-hydroxylation sites is 2. The number of H-pyrrole nitrogens is 2. The summed E-state index contributed by atoms with van der Waals surface area (Å²) in [6.07, 6.45) is 4.97. The van der Waals surface area contributed by atoms with Crippen molar-refractivity contribution in [3.63, 3.8) is 0 Å². The summed E-state index contributed by atoms with van der Waals surface area (Å²) in [6, 6.07) is 22.1. The molecule has 308 valence electrons. The van der Waals surface area contributed by atoms with Gasteiger partial charge in [0.05, 0.1) is 39.7 Å². The summed E-state index contributed by atoms with van der Waals surface area (Å²) in [6.45, 7) is 7.73. The molecule has 4 heterocycles. The molecule has 0 atom stereocenters. The molecule has 0 radical (unpaired) electrons. The molecule has 4 aromatic heterocycles. The van der Waals surface area contributed by atoms with Gasteiger partial charge in [-0.1, -0.05) is 57.8 Å². The van der Waals surface area contributed by atoms with Gasteiger partial charge in [0.2, 0.25) is 11.6 Å². The summed E-state index contributed by atoms with van der Waals surface area (Å²) in [5.74, 6) is 1.05. The Morgan fingerprint density at radius 1 is 0.683 bits per heavy atom. The van der Waals surface area contributed by atoms with Crippen molar-refractivity contribution in [3.8, 4) is 57.2 Å². The number of nitrogens with zero attached hydrogens (tertiary/aromatic N) is 4. The Kier molecular flexibility index (Phi) is 12.5. The van der Waals surface area contributed by atoms with Crippen LogP contribution in [0, 0.1) is 0 Å². The number of nitrogens with one attached hydrogen (secondary N) is 2. The number of carboxylic acid groups (broad SMARTS) is 2. The molecule has 4 aromatic carbocycles. The van der Waals surface area contributed by atoms with E-state index in [1.54, 1.807) is 36.5 Å². The van der Waals surface area contributed by atoms with Crippen LogP contribution in [0.3, 0.4) is 0 Å². The predicted octanol–water partition coefficient (Wildman–Crippen LogP) is 10.7. The Hall–Kier alpha value is -6.64. The summed E-state index contributed by atoms with van der Waals surface area (Å²) in [5.41, 5.74) is 6.32. The maximum Gasteiger partial charge on any atom is 0.307 e. The number of hydrogen-bond acceptors (Lipinski definition) is 10. The van der Waals surface area contributed by atoms with Gasteiger partial charge in [-0.15, -0.1) is 0 Å². The summed E-state index contributed by atoms with van der Waals surface area (Å²) in [7, 11) is 0. The van der Waals surface area contributed by atoms with Crippen LogP contribution in [-0.2, 0) is 22.4 Å². The van der Waals surface area contributed by atoms with Crippen LogP contribution in [0.4, 0.5) is 0 Å². The van der Waals surface area contributed by atoms with Crippen LogP contribution < -0.4 is 9.47 Å². The minimum Gasteiger partial charge on any atom is -0.489 e. The van der Waals surface area contributed by atoms with Gasteiger partial charge in [0.25, 0.3) is 11.8 Å². The van der Waals surface area contributed by atoms with Crippen LogP contribution in [0.1, 0.15) is 51.7 Å². The van der Waals surface area contributed by atoms with Crippen molar-refractivity contribution in [3.05, 3.63) is 106 Å². The van der Waals surface area contributed by atoms with E-state index in [-0.39, 0.29) is 25.0 Å². The van der Waals surface area contributed by atoms with Crippen LogP contribution in [-0.4, -0.2) is 64.6 Å². The van der Waals surface area contributed by atoms with Crippen molar-refractivity contribution in [1.82, 2.24) is 30.2 Å². The first-order chi connectivity index (χ1) is 28.8. The van der Waals surface area contributed by atoms with Crippen LogP contribution in [0.5, 0.6) is 11.5 Å². The third kappa shape index (κ3) is 9.46. The molecule has 0 aliphatic carbocycles. The molecular weight excluding hydrogens is 811 g/mol. The highest BCUT2D eigenvalue weighted by Crippen LogP contribution is 2.35. The maximum absolute atomic E-state index is 11.1. The van der Waals surface area contributed by atoms with Gasteiger partial charge in [-0.2, -0.15) is 9.97 Å². The van der Waals surface area contributed by atoms with Gasteiger partial charge >= 0.3 is 11.9 Å². The molecule has 8 rings (SSSR count). The highest BCUT2D eigenvalue weighted by atomic mass is 35.5. The Morgan fingerprint density at radius 2 is 1.17 bits per heavy atom. The molecule has 0 aliphatic rings. The minimum atomic E-state index is -0.889. The third-order valence-electron chi connectivity index (χ3n) is 9.20. The summed E-state index contributed by atoms with van der Waals surface area (Å²) in [4.78, 5) is 37.3. The average molecular weight is 852 g/mol. The molecule has 8 aromatic rings. The highest BCUT2D eigenvalue weighted by Gasteiger charge is 2.19. The summed E-state index contributed by atoms with van der Waals surface area (Å²) >= 11 is 12.6. The van der Waals surface area contributed by atoms with Gasteiger partial charge in [-0.3, -0.25) is 9.59 Å². The van der Waals surface area contributed by atoms with E-state index in [0.29, 0.717) is 74.5 Å². The molecule has 4 N–H and O–H groups in total. The van der Waals surface area contributed by atoms with Crippen LogP contribution in [0.15, 0.2) is 94.2 Å². The van der Waals surface area contributed by atoms with Gasteiger partial charge in [-0.05, 0) is 100 Å². The Bertz CT molecular complexity index is 2800. The normalized spacial score (nSPS) is 11.3. The van der Waals surface area contributed by atoms with Gasteiger partial charge in [0.15, 0.2) is 0 Å². The molecule has 0 amide bonds. The molecule has 0 bridgehead atoms. The number of aromatic amines is 2. The van der Waals surface area contributed by atoms with Crippen LogP contribution >= 0.6 is 23.2 Å². The fourth-order valence-corrected chi connectivity index (χ4v) is 7.06. The van der Waals surface area contributed by atoms with Crippen molar-refractivity contribution >= 4 is 56.9 Å². The molecule has 0 unspecified atom stereocenters. The molecule has 0 fully saturated rings. The second-order valence-corrected chi connectivity index (χ2v) is 15.2. The van der Waals surface area contributed by atoms with Crippen molar-refractivity contribution < 1.29 is 38.3 Å². The predicted molar refractivity (Wildman–Crippen MR) is 228 cm³/mol. The monoisotopic (exact) mass is 850 g/mol. The highest BCUT2D eigenvalue weighted by molar-refractivity contribution is 6.32. The van der Waals surface area contributed by atoms with Crippen LogP contribution in [0.25, 0.3) is 67.5 Å². The third-order valence-corrected chi connectivity index (χ3v) is 9.79. The summed E-state index contributed by atoms with van der Waals surface area (Å²) in [5, 5.41) is 28.9. The van der Waals surface area contributed by atoms with Crippen molar-refractivity contribution in [2.75, 3.05) is 0 Å². The largest absolute Gasteiger partial charge is 0.489 e. The number of benzene rings is 4. The number of rotatable bonds is 14. The Balaban J connectivity index is 0.000000182. The van der Waals surface area contributed by atoms with Crippen molar-refractivity contribution in [2.45, 2.75) is 65.6 Å². The van der Waals surface area contributed by atoms with E-state index in [4.69, 9.17) is 51.9 Å². The minimum absolute atomic E-state index is 0.0145. The quantitative estimate of drug-likeness (QED) is 0.0807. The Morgan fingerprint density at radius 3 is 1.62 bits per heavy atom. The van der Waals surface area contributed by atoms with E-state index in [2.05, 4.69) is 30.2 Å². The molecule has 0 saturated carbocycles. The smallest absolute Gasteiger partial charge is 0.307 e. The van der Waals surface area contributed by atoms with E-state index >= 15 is 0 Å². The van der Waals surface area contributed by atoms with Gasteiger partial charge in [0, 0.05) is 51.8 Å². The molecule has 14 nitrogen and oxygen atoms in total. The number of fused-ring (bicyclic) bond motifs is 2. The lowest BCUT2D eigenvalue weighted by Crippen LogP contribution is -2.05. The van der Waals surface area contributed by atoms with Crippen molar-refractivity contribution in [2.24, 2.45) is 0 Å². The summed E-state index contributed by atoms with van der Waals surface area (Å²) < 4.78 is 22.2. The SMILES string of the molecule is CC(C)Oc1ccc(-c2nc(-c3cccc4c(CC(=O)O)c[nH]c34)no2)cc1Cl.CC(C)Oc1ccc(-c2nc(-c3cccc4c(CCCC(=O)O)c[nH]c34)no2)cc1Cl. The zero-order chi connectivity index (χ0) is 42.5. The molecule has 60 heavy (non-hydrogen) atoms. The standard InChI is InChI=1S/C23H22ClN3O4.C21H18ClN3O4/c1-13(2)30-19-10-9-14(11-18(19)24)23-26-22(27-31-23)17-7-4-6-16-15(12-25-21(16)17)5-3-8-20(28)29;1-11(2)28-17-7-6-12(8-16(17)22)21-24-20(25-29-21)15-5-3-4-14-13(9-18(26)27)10-23-19(14)15/h4,6-7,9-13,25H,3,5,8H2,1-2H3,(H,28,29);3-8,10-11,23H,9H2,1-2H3,(H,26,27). The second kappa shape index (κ2) is 18.1. The fourth-order valence-electron chi connectivity index (χ4n) is 6.61. The molecular formula is C44H40Cl2N6O8. The molecule has 0 aliphatic heterocycles. The maximum atomic E-state index is 11.1. The number of hydrogen-bond donors (Lipinski definition) is 4. The number of halogens is 2. The van der Waals surface area contributed by atoms with Crippen LogP contribution in [0.2, 0.25) is 10.0 Å². The fraction of sp³-hybridized carbons (Fsp3) is 0.227. The number of aliphatic carboxylic acids is 2. The number of aromatic nitrogens is 6. The topological polar surface area (TPSA) is 202 Å². The van der Waals surface area contributed by atoms with Gasteiger partial charge in [-0.25, -0.2) is 0 Å². The van der Waals surface area contributed by atoms with E-state index in [9.17, 15) is 9.59 Å². The lowest BCUT2D eigenvalue weighted by molar-refractivity contribution is -0.137. The number of carbonyl (C=O) groups is 2. The number of carboxylic acids is 2. The number of aryl methyl sites for hydroxylation is 1. The zero-order valence-corrected chi connectivity index (χ0v) is 34.5. The van der Waals surface area contributed by atoms with E-state index in [1.807, 2.05) is 76.4 Å². The Labute approximate surface area is 353 Å². The lowest BCUT2D eigenvalue weighted by atomic mass is 10.0. The number of ether oxygens (including phenoxy) is 2. The first-order valence-electron chi connectivity index (χ1n) is 19.1. The lowest BCUT2D eigenvalue weighted by Gasteiger charge is -2.11. The van der Waals surface area contributed by atoms with Gasteiger partial charge < -0.3 is 38.7 Å². The van der Waals surface area contributed by atoms with Crippen molar-refractivity contribution in [1.29, 1.82) is 0 Å². The average Bonchev–Trinajstić information content (AvgIpc) is 4.04. The molecule has 0 saturated heterocycles. The second-order valence-electron chi connectivity index (χ2n) is 14.4. The molecule has 16 heteroatoms.